The molecule has 5 fully saturated rings. The molecular weight excluding hydrogens is 791 g/mol. The largest absolute Gasteiger partial charge is 0.507 e. The maximum Gasteiger partial charge on any atom is 0.329 e. The maximum atomic E-state index is 14.4. The van der Waals surface area contributed by atoms with Crippen LogP contribution in [0, 0.1) is 11.3 Å². The number of nitrogens with one attached hydrogen (secondary N) is 1. The van der Waals surface area contributed by atoms with E-state index in [9.17, 15) is 24.3 Å². The van der Waals surface area contributed by atoms with Crippen molar-refractivity contribution < 1.29 is 24.2 Å². The smallest absolute Gasteiger partial charge is 0.329 e. The number of piperidine rings is 3. The fraction of sp³-hybridized carbons (Fsp3) is 0.489. The van der Waals surface area contributed by atoms with Gasteiger partial charge in [-0.25, -0.2) is 4.79 Å². The van der Waals surface area contributed by atoms with Crippen LogP contribution < -0.4 is 25.5 Å². The minimum absolute atomic E-state index is 0.0321. The Morgan fingerprint density at radius 1 is 0.919 bits per heavy atom. The number of imide groups is 1. The van der Waals surface area contributed by atoms with E-state index in [0.717, 1.165) is 87.5 Å². The number of rotatable bonds is 10. The van der Waals surface area contributed by atoms with Crippen LogP contribution in [0.1, 0.15) is 51.0 Å². The van der Waals surface area contributed by atoms with E-state index in [-0.39, 0.29) is 35.1 Å². The number of amides is 3. The number of fused-ring (bicyclic) bond motifs is 1. The molecule has 10 rings (SSSR count). The molecule has 1 atom stereocenters. The number of aryl methyl sites for hydroxylation is 2. The first-order valence-electron chi connectivity index (χ1n) is 21.8. The Morgan fingerprint density at radius 2 is 1.69 bits per heavy atom. The number of aromatic hydroxyl groups is 1. The van der Waals surface area contributed by atoms with Crippen LogP contribution in [0.15, 0.2) is 71.8 Å². The summed E-state index contributed by atoms with van der Waals surface area (Å²) in [5.41, 5.74) is 3.49. The molecule has 3 aromatic heterocycles. The molecular formula is C45H53N11O6. The Labute approximate surface area is 358 Å². The number of aromatic nitrogens is 6. The third kappa shape index (κ3) is 7.14. The highest BCUT2D eigenvalue weighted by Crippen LogP contribution is 2.43. The third-order valence-corrected chi connectivity index (χ3v) is 14.0. The van der Waals surface area contributed by atoms with Crippen molar-refractivity contribution in [2.24, 2.45) is 25.4 Å². The number of phenols is 1. The Bertz CT molecular complexity index is 2590. The van der Waals surface area contributed by atoms with E-state index in [1.54, 1.807) is 39.2 Å². The number of hydrogen-bond acceptors (Lipinski definition) is 12. The molecule has 0 unspecified atom stereocenters. The topological polar surface area (TPSA) is 176 Å². The summed E-state index contributed by atoms with van der Waals surface area (Å²) in [6, 6.07) is 16.0. The number of phenolic OH excluding ortho intramolecular Hbond substituents is 1. The number of imidazole rings is 1. The molecule has 0 saturated carbocycles. The van der Waals surface area contributed by atoms with E-state index in [4.69, 9.17) is 4.74 Å². The van der Waals surface area contributed by atoms with Crippen molar-refractivity contribution >= 4 is 40.1 Å². The van der Waals surface area contributed by atoms with Crippen molar-refractivity contribution in [2.45, 2.75) is 56.6 Å². The normalized spacial score (nSPS) is 21.5. The number of ether oxygens (including phenoxy) is 1. The fourth-order valence-electron chi connectivity index (χ4n) is 10.7. The van der Waals surface area contributed by atoms with Crippen LogP contribution in [-0.4, -0.2) is 126 Å². The zero-order chi connectivity index (χ0) is 42.8. The van der Waals surface area contributed by atoms with Gasteiger partial charge in [0.15, 0.2) is 5.60 Å². The molecule has 5 aliphatic heterocycles. The molecule has 1 spiro atoms. The number of benzene rings is 2. The van der Waals surface area contributed by atoms with E-state index in [0.29, 0.717) is 55.4 Å². The summed E-state index contributed by atoms with van der Waals surface area (Å²) in [6.45, 7) is 7.44. The summed E-state index contributed by atoms with van der Waals surface area (Å²) in [4.78, 5) is 61.5. The number of carbonyl (C=O) groups excluding carboxylic acids is 3. The molecule has 5 saturated heterocycles. The summed E-state index contributed by atoms with van der Waals surface area (Å²) in [5.74, 6) is 0.510. The summed E-state index contributed by atoms with van der Waals surface area (Å²) in [6.07, 6.45) is 8.31. The molecule has 0 aliphatic carbocycles. The molecule has 3 amide bonds. The van der Waals surface area contributed by atoms with Gasteiger partial charge in [0.2, 0.25) is 17.7 Å². The standard InChI is InChI=1S/C45H53N11O6/c1-50-18-15-39(49-50)62-45(16-22-53(23-17-45)31-24-33(48-46-25-31)32-6-3-4-9-37(32)57)42(60)55-28-44(29-55)26-52(27-44)19-12-30-13-20-54(21-14-30)34-7-5-8-35-40(34)51(2)43(61)56(35)36-10-11-38(58)47-41(36)59/h3-9,15,18,24-25,30,36,57H,10-14,16-17,19-23,26-29H2,1-2H3,(H,47,58,59)/t36-/m1/s1. The number of para-hydroxylation sites is 2. The zero-order valence-electron chi connectivity index (χ0n) is 35.3. The molecule has 2 N–H and O–H groups in total. The number of likely N-dealkylation sites (tertiary alicyclic amines) is 2. The predicted molar refractivity (Wildman–Crippen MR) is 231 cm³/mol. The number of nitrogens with zero attached hydrogens (tertiary/aromatic N) is 10. The average Bonchev–Trinajstić information content (AvgIpc) is 3.77. The molecule has 324 valence electrons. The quantitative estimate of drug-likeness (QED) is 0.197. The van der Waals surface area contributed by atoms with Crippen molar-refractivity contribution in [1.29, 1.82) is 0 Å². The molecule has 0 radical (unpaired) electrons. The first-order chi connectivity index (χ1) is 30.0. The van der Waals surface area contributed by atoms with Crippen molar-refractivity contribution in [3.8, 4) is 22.9 Å². The van der Waals surface area contributed by atoms with Gasteiger partial charge in [-0.2, -0.15) is 10.2 Å². The van der Waals surface area contributed by atoms with Crippen molar-refractivity contribution in [1.82, 2.24) is 44.2 Å². The van der Waals surface area contributed by atoms with Gasteiger partial charge >= 0.3 is 5.69 Å². The fourth-order valence-corrected chi connectivity index (χ4v) is 10.7. The molecule has 5 aliphatic rings. The number of carbonyl (C=O) groups is 3. The number of hydrogen-bond donors (Lipinski definition) is 2. The first kappa shape index (κ1) is 39.9. The summed E-state index contributed by atoms with van der Waals surface area (Å²) in [5, 5.41) is 25.8. The highest BCUT2D eigenvalue weighted by molar-refractivity contribution is 6.00. The average molecular weight is 844 g/mol. The molecule has 2 aromatic carbocycles. The van der Waals surface area contributed by atoms with Gasteiger partial charge in [0, 0.05) is 109 Å². The molecule has 0 bridgehead atoms. The highest BCUT2D eigenvalue weighted by atomic mass is 16.5. The minimum Gasteiger partial charge on any atom is -0.507 e. The first-order valence-corrected chi connectivity index (χ1v) is 21.8. The van der Waals surface area contributed by atoms with E-state index in [1.807, 2.05) is 54.5 Å². The lowest BCUT2D eigenvalue weighted by molar-refractivity contribution is -0.176. The van der Waals surface area contributed by atoms with Crippen LogP contribution in [-0.2, 0) is 28.5 Å². The van der Waals surface area contributed by atoms with Crippen molar-refractivity contribution in [3.05, 3.63) is 77.5 Å². The van der Waals surface area contributed by atoms with Crippen LogP contribution in [0.5, 0.6) is 11.6 Å². The van der Waals surface area contributed by atoms with E-state index < -0.39 is 17.6 Å². The van der Waals surface area contributed by atoms with Crippen LogP contribution in [0.2, 0.25) is 0 Å². The lowest BCUT2D eigenvalue weighted by atomic mass is 9.71. The van der Waals surface area contributed by atoms with Gasteiger partial charge in [0.25, 0.3) is 5.91 Å². The van der Waals surface area contributed by atoms with Gasteiger partial charge in [0.05, 0.1) is 34.3 Å². The minimum atomic E-state index is -1.02. The molecule has 5 aromatic rings. The molecule has 17 nitrogen and oxygen atoms in total. The Kier molecular flexibility index (Phi) is 10.0. The van der Waals surface area contributed by atoms with Gasteiger partial charge in [-0.15, -0.1) is 5.10 Å². The van der Waals surface area contributed by atoms with Gasteiger partial charge in [-0.05, 0) is 68.5 Å². The second-order valence-corrected chi connectivity index (χ2v) is 18.1. The van der Waals surface area contributed by atoms with Gasteiger partial charge in [-0.1, -0.05) is 18.2 Å². The van der Waals surface area contributed by atoms with E-state index >= 15 is 0 Å². The van der Waals surface area contributed by atoms with E-state index in [1.165, 1.54) is 0 Å². The second-order valence-electron chi connectivity index (χ2n) is 18.1. The zero-order valence-corrected chi connectivity index (χ0v) is 35.3. The summed E-state index contributed by atoms with van der Waals surface area (Å²) >= 11 is 0. The van der Waals surface area contributed by atoms with Gasteiger partial charge < -0.3 is 29.4 Å². The molecule has 8 heterocycles. The van der Waals surface area contributed by atoms with Crippen LogP contribution in [0.3, 0.4) is 0 Å². The maximum absolute atomic E-state index is 14.4. The highest BCUT2D eigenvalue weighted by Gasteiger charge is 2.57. The number of anilines is 2. The second kappa shape index (κ2) is 15.6. The lowest BCUT2D eigenvalue weighted by Gasteiger charge is -2.61. The van der Waals surface area contributed by atoms with E-state index in [2.05, 4.69) is 41.4 Å². The van der Waals surface area contributed by atoms with Crippen LogP contribution in [0.4, 0.5) is 11.4 Å². The summed E-state index contributed by atoms with van der Waals surface area (Å²) in [7, 11) is 3.60. The van der Waals surface area contributed by atoms with Crippen molar-refractivity contribution in [3.63, 3.8) is 0 Å². The Hall–Kier alpha value is -6.23. The monoisotopic (exact) mass is 843 g/mol. The summed E-state index contributed by atoms with van der Waals surface area (Å²) < 4.78 is 11.4. The Balaban J connectivity index is 0.725. The molecule has 62 heavy (non-hydrogen) atoms. The van der Waals surface area contributed by atoms with Gasteiger partial charge in [0.1, 0.15) is 11.8 Å². The van der Waals surface area contributed by atoms with Crippen molar-refractivity contribution in [2.75, 3.05) is 68.7 Å². The third-order valence-electron chi connectivity index (χ3n) is 14.0. The molecule has 17 heteroatoms. The lowest BCUT2D eigenvalue weighted by Crippen LogP contribution is -2.75. The Morgan fingerprint density at radius 3 is 2.42 bits per heavy atom. The van der Waals surface area contributed by atoms with Gasteiger partial charge in [-0.3, -0.25) is 33.5 Å². The SMILES string of the molecule is Cn1ccc(OC2(C(=O)N3CC4(CN(CCC5CCN(c6cccc7c6n(C)c(=O)n7[C@@H]6CCC(=O)NC6=O)CC5)C4)C3)CCN(c3cnnc(-c4ccccc4O)c3)CC2)n1. The van der Waals surface area contributed by atoms with Crippen LogP contribution >= 0.6 is 0 Å². The van der Waals surface area contributed by atoms with Crippen LogP contribution in [0.25, 0.3) is 22.3 Å². The predicted octanol–water partition coefficient (Wildman–Crippen LogP) is 3.08.